The van der Waals surface area contributed by atoms with Crippen LogP contribution in [0.2, 0.25) is 0 Å². The van der Waals surface area contributed by atoms with Gasteiger partial charge < -0.3 is 14.8 Å². The number of amides is 1. The van der Waals surface area contributed by atoms with Crippen LogP contribution < -0.4 is 5.32 Å². The van der Waals surface area contributed by atoms with Gasteiger partial charge in [0.15, 0.2) is 0 Å². The number of carbonyl (C=O) groups excluding carboxylic acids is 3. The fourth-order valence-electron chi connectivity index (χ4n) is 4.70. The van der Waals surface area contributed by atoms with Gasteiger partial charge in [0.25, 0.3) is 0 Å². The van der Waals surface area contributed by atoms with Gasteiger partial charge in [0, 0.05) is 12.8 Å². The van der Waals surface area contributed by atoms with E-state index < -0.39 is 6.04 Å². The largest absolute Gasteiger partial charge is 0.460 e. The molecule has 0 saturated carbocycles. The second-order valence-corrected chi connectivity index (χ2v) is 12.0. The fraction of sp³-hybridized carbons (Fsp3) is 0.735. The summed E-state index contributed by atoms with van der Waals surface area (Å²) >= 11 is 0. The van der Waals surface area contributed by atoms with E-state index >= 15 is 0 Å². The van der Waals surface area contributed by atoms with Crippen LogP contribution >= 0.6 is 0 Å². The summed E-state index contributed by atoms with van der Waals surface area (Å²) in [5, 5.41) is 2.88. The molecule has 6 heteroatoms. The molecule has 1 N–H and O–H groups in total. The van der Waals surface area contributed by atoms with E-state index in [1.54, 1.807) is 0 Å². The molecule has 0 aromatic heterocycles. The second kappa shape index (κ2) is 22.3. The molecule has 6 nitrogen and oxygen atoms in total. The van der Waals surface area contributed by atoms with E-state index in [1.807, 2.05) is 58.0 Å². The summed E-state index contributed by atoms with van der Waals surface area (Å²) in [6.45, 7) is 7.97. The van der Waals surface area contributed by atoms with Crippen molar-refractivity contribution in [3.63, 3.8) is 0 Å². The Labute approximate surface area is 244 Å². The van der Waals surface area contributed by atoms with Crippen molar-refractivity contribution in [2.45, 2.75) is 162 Å². The Kier molecular flexibility index (Phi) is 19.9. The van der Waals surface area contributed by atoms with Gasteiger partial charge in [-0.3, -0.25) is 9.59 Å². The van der Waals surface area contributed by atoms with E-state index in [-0.39, 0.29) is 30.1 Å². The SMILES string of the molecule is CCCC(NC(=O)CCCCCCCCCCCCCCCCC(=O)OC(C)(C)C)C(=O)OCc1ccccc1. The zero-order valence-corrected chi connectivity index (χ0v) is 25.9. The molecule has 0 radical (unpaired) electrons. The highest BCUT2D eigenvalue weighted by Crippen LogP contribution is 2.15. The molecule has 228 valence electrons. The van der Waals surface area contributed by atoms with Crippen molar-refractivity contribution in [1.29, 1.82) is 0 Å². The van der Waals surface area contributed by atoms with Crippen LogP contribution in [-0.4, -0.2) is 29.5 Å². The Bertz CT molecular complexity index is 802. The maximum Gasteiger partial charge on any atom is 0.328 e. The molecule has 0 bridgehead atoms. The predicted octanol–water partition coefficient (Wildman–Crippen LogP) is 8.60. The quantitative estimate of drug-likeness (QED) is 0.107. The molecule has 0 fully saturated rings. The van der Waals surface area contributed by atoms with Gasteiger partial charge in [-0.05, 0) is 45.6 Å². The Morgan fingerprint density at radius 3 is 1.68 bits per heavy atom. The first kappa shape index (κ1) is 35.7. The number of carbonyl (C=O) groups is 3. The van der Waals surface area contributed by atoms with E-state index in [4.69, 9.17) is 9.47 Å². The number of nitrogens with one attached hydrogen (secondary N) is 1. The molecular weight excluding hydrogens is 502 g/mol. The van der Waals surface area contributed by atoms with Crippen molar-refractivity contribution >= 4 is 17.8 Å². The highest BCUT2D eigenvalue weighted by atomic mass is 16.6. The van der Waals surface area contributed by atoms with Crippen molar-refractivity contribution in [3.05, 3.63) is 35.9 Å². The minimum atomic E-state index is -0.564. The van der Waals surface area contributed by atoms with Gasteiger partial charge >= 0.3 is 11.9 Å². The maximum atomic E-state index is 12.5. The van der Waals surface area contributed by atoms with Crippen LogP contribution in [0.15, 0.2) is 30.3 Å². The molecule has 1 aromatic carbocycles. The highest BCUT2D eigenvalue weighted by molar-refractivity contribution is 5.84. The van der Waals surface area contributed by atoms with Gasteiger partial charge in [0.2, 0.25) is 5.91 Å². The van der Waals surface area contributed by atoms with Gasteiger partial charge in [0.1, 0.15) is 18.2 Å². The summed E-state index contributed by atoms with van der Waals surface area (Å²) in [6.07, 6.45) is 19.0. The molecule has 1 aromatic rings. The third-order valence-electron chi connectivity index (χ3n) is 6.88. The summed E-state index contributed by atoms with van der Waals surface area (Å²) in [5.41, 5.74) is 0.564. The van der Waals surface area contributed by atoms with E-state index in [0.717, 1.165) is 44.1 Å². The van der Waals surface area contributed by atoms with Crippen molar-refractivity contribution in [2.24, 2.45) is 0 Å². The van der Waals surface area contributed by atoms with Crippen molar-refractivity contribution < 1.29 is 23.9 Å². The van der Waals surface area contributed by atoms with Gasteiger partial charge in [0.05, 0.1) is 0 Å². The number of hydrogen-bond donors (Lipinski definition) is 1. The molecule has 1 rings (SSSR count). The third-order valence-corrected chi connectivity index (χ3v) is 6.88. The lowest BCUT2D eigenvalue weighted by molar-refractivity contribution is -0.155. The average Bonchev–Trinajstić information content (AvgIpc) is 2.90. The number of benzene rings is 1. The molecule has 0 heterocycles. The van der Waals surface area contributed by atoms with Crippen molar-refractivity contribution in [3.8, 4) is 0 Å². The Balaban J connectivity index is 1.94. The first-order valence-electron chi connectivity index (χ1n) is 15.9. The Morgan fingerprint density at radius 2 is 1.20 bits per heavy atom. The monoisotopic (exact) mass is 559 g/mol. The summed E-state index contributed by atoms with van der Waals surface area (Å²) < 4.78 is 10.8. The molecular formula is C34H57NO5. The third kappa shape index (κ3) is 20.5. The minimum Gasteiger partial charge on any atom is -0.460 e. The lowest BCUT2D eigenvalue weighted by Crippen LogP contribution is -2.41. The van der Waals surface area contributed by atoms with E-state index in [2.05, 4.69) is 5.32 Å². The van der Waals surface area contributed by atoms with Crippen molar-refractivity contribution in [1.82, 2.24) is 5.32 Å². The molecule has 1 amide bonds. The van der Waals surface area contributed by atoms with Crippen LogP contribution in [-0.2, 0) is 30.5 Å². The molecule has 0 aliphatic carbocycles. The van der Waals surface area contributed by atoms with E-state index in [0.29, 0.717) is 19.3 Å². The predicted molar refractivity (Wildman–Crippen MR) is 163 cm³/mol. The molecule has 0 saturated heterocycles. The van der Waals surface area contributed by atoms with Crippen LogP contribution in [0.3, 0.4) is 0 Å². The van der Waals surface area contributed by atoms with Gasteiger partial charge in [-0.25, -0.2) is 4.79 Å². The summed E-state index contributed by atoms with van der Waals surface area (Å²) in [6, 6.07) is 9.03. The van der Waals surface area contributed by atoms with Crippen molar-refractivity contribution in [2.75, 3.05) is 0 Å². The van der Waals surface area contributed by atoms with Gasteiger partial charge in [-0.15, -0.1) is 0 Å². The Morgan fingerprint density at radius 1 is 0.725 bits per heavy atom. The Hall–Kier alpha value is -2.37. The molecule has 1 atom stereocenters. The molecule has 0 aliphatic heterocycles. The first-order chi connectivity index (χ1) is 19.2. The highest BCUT2D eigenvalue weighted by Gasteiger charge is 2.21. The fourth-order valence-corrected chi connectivity index (χ4v) is 4.70. The minimum absolute atomic E-state index is 0.0573. The lowest BCUT2D eigenvalue weighted by atomic mass is 10.0. The van der Waals surface area contributed by atoms with Crippen LogP contribution in [0.4, 0.5) is 0 Å². The zero-order chi connectivity index (χ0) is 29.5. The summed E-state index contributed by atoms with van der Waals surface area (Å²) in [5.74, 6) is -0.486. The molecule has 1 unspecified atom stereocenters. The first-order valence-corrected chi connectivity index (χ1v) is 15.9. The molecule has 0 spiro atoms. The zero-order valence-electron chi connectivity index (χ0n) is 25.9. The average molecular weight is 560 g/mol. The second-order valence-electron chi connectivity index (χ2n) is 12.0. The van der Waals surface area contributed by atoms with E-state index in [9.17, 15) is 14.4 Å². The van der Waals surface area contributed by atoms with Gasteiger partial charge in [-0.1, -0.05) is 121 Å². The summed E-state index contributed by atoms with van der Waals surface area (Å²) in [4.78, 5) is 36.5. The standard InChI is InChI=1S/C34H57NO5/c1-5-23-30(33(38)39-28-29-24-19-18-20-25-29)35-31(36)26-21-16-14-12-10-8-6-7-9-11-13-15-17-22-27-32(37)40-34(2,3)4/h18-20,24-25,30H,5-17,21-23,26-28H2,1-4H3,(H,35,36). The normalized spacial score (nSPS) is 12.1. The number of ether oxygens (including phenoxy) is 2. The van der Waals surface area contributed by atoms with Crippen LogP contribution in [0.25, 0.3) is 0 Å². The summed E-state index contributed by atoms with van der Waals surface area (Å²) in [7, 11) is 0. The van der Waals surface area contributed by atoms with Crippen LogP contribution in [0, 0.1) is 0 Å². The van der Waals surface area contributed by atoms with Crippen LogP contribution in [0.5, 0.6) is 0 Å². The van der Waals surface area contributed by atoms with E-state index in [1.165, 1.54) is 57.8 Å². The van der Waals surface area contributed by atoms with Crippen LogP contribution in [0.1, 0.15) is 149 Å². The van der Waals surface area contributed by atoms with Gasteiger partial charge in [-0.2, -0.15) is 0 Å². The molecule has 40 heavy (non-hydrogen) atoms. The maximum absolute atomic E-state index is 12.5. The number of esters is 2. The topological polar surface area (TPSA) is 81.7 Å². The smallest absolute Gasteiger partial charge is 0.328 e. The number of rotatable bonds is 23. The number of hydrogen-bond acceptors (Lipinski definition) is 5. The lowest BCUT2D eigenvalue weighted by Gasteiger charge is -2.19. The molecule has 0 aliphatic rings. The number of unbranched alkanes of at least 4 members (excludes halogenated alkanes) is 13.